The highest BCUT2D eigenvalue weighted by atomic mass is 79.9. The van der Waals surface area contributed by atoms with Gasteiger partial charge in [0.2, 0.25) is 0 Å². The van der Waals surface area contributed by atoms with E-state index in [9.17, 15) is 0 Å². The summed E-state index contributed by atoms with van der Waals surface area (Å²) in [5.74, 6) is 0. The molecule has 0 amide bonds. The van der Waals surface area contributed by atoms with Crippen molar-refractivity contribution in [2.45, 2.75) is 18.8 Å². The molecule has 0 radical (unpaired) electrons. The van der Waals surface area contributed by atoms with E-state index in [0.717, 1.165) is 11.9 Å². The molecule has 0 heterocycles. The first kappa shape index (κ1) is 12.2. The first-order chi connectivity index (χ1) is 6.54. The molecule has 0 aliphatic carbocycles. The molecule has 3 heteroatoms. The summed E-state index contributed by atoms with van der Waals surface area (Å²) in [5.41, 5.74) is 3.99. The number of halogens is 2. The summed E-state index contributed by atoms with van der Waals surface area (Å²) in [4.78, 5) is 2.18. The Morgan fingerprint density at radius 3 is 2.43 bits per heavy atom. The second-order valence-corrected chi connectivity index (χ2v) is 5.11. The van der Waals surface area contributed by atoms with Crippen LogP contribution in [0, 0.1) is 6.92 Å². The molecule has 0 fully saturated rings. The Balaban J connectivity index is 3.03. The smallest absolute Gasteiger partial charge is 0.0294 e. The van der Waals surface area contributed by atoms with Crippen LogP contribution in [-0.2, 0) is 11.9 Å². The van der Waals surface area contributed by atoms with E-state index < -0.39 is 0 Å². The Morgan fingerprint density at radius 1 is 1.29 bits per heavy atom. The van der Waals surface area contributed by atoms with Gasteiger partial charge in [0.05, 0.1) is 0 Å². The SMILES string of the molecule is Cc1cc(CN(C)C)cc(CBr)c1Br. The van der Waals surface area contributed by atoms with Crippen LogP contribution in [0.4, 0.5) is 0 Å². The number of hydrogen-bond donors (Lipinski definition) is 0. The number of hydrogen-bond acceptors (Lipinski definition) is 1. The molecule has 0 bridgehead atoms. The van der Waals surface area contributed by atoms with E-state index in [0.29, 0.717) is 0 Å². The third kappa shape index (κ3) is 3.07. The molecular formula is C11H15Br2N. The highest BCUT2D eigenvalue weighted by molar-refractivity contribution is 9.10. The minimum Gasteiger partial charge on any atom is -0.305 e. The van der Waals surface area contributed by atoms with Crippen LogP contribution in [0.25, 0.3) is 0 Å². The quantitative estimate of drug-likeness (QED) is 0.767. The van der Waals surface area contributed by atoms with Crippen LogP contribution < -0.4 is 0 Å². The van der Waals surface area contributed by atoms with Gasteiger partial charge < -0.3 is 4.90 Å². The van der Waals surface area contributed by atoms with Gasteiger partial charge in [-0.2, -0.15) is 0 Å². The number of rotatable bonds is 3. The molecule has 14 heavy (non-hydrogen) atoms. The van der Waals surface area contributed by atoms with Crippen molar-refractivity contribution < 1.29 is 0 Å². The zero-order valence-corrected chi connectivity index (χ0v) is 11.9. The summed E-state index contributed by atoms with van der Waals surface area (Å²) in [6.07, 6.45) is 0. The molecule has 0 saturated heterocycles. The van der Waals surface area contributed by atoms with Crippen LogP contribution in [-0.4, -0.2) is 19.0 Å². The maximum atomic E-state index is 3.60. The maximum Gasteiger partial charge on any atom is 0.0294 e. The van der Waals surface area contributed by atoms with E-state index in [1.165, 1.54) is 21.2 Å². The molecule has 0 unspecified atom stereocenters. The fourth-order valence-electron chi connectivity index (χ4n) is 1.48. The lowest BCUT2D eigenvalue weighted by Crippen LogP contribution is -2.11. The zero-order chi connectivity index (χ0) is 10.7. The second kappa shape index (κ2) is 5.29. The number of alkyl halides is 1. The number of benzene rings is 1. The van der Waals surface area contributed by atoms with Crippen LogP contribution in [0.3, 0.4) is 0 Å². The van der Waals surface area contributed by atoms with Crippen LogP contribution in [0.5, 0.6) is 0 Å². The summed E-state index contributed by atoms with van der Waals surface area (Å²) in [7, 11) is 4.18. The maximum absolute atomic E-state index is 3.60. The molecule has 1 rings (SSSR count). The van der Waals surface area contributed by atoms with Gasteiger partial charge in [0.25, 0.3) is 0 Å². The van der Waals surface area contributed by atoms with Gasteiger partial charge in [0, 0.05) is 16.3 Å². The van der Waals surface area contributed by atoms with Crippen molar-refractivity contribution in [3.63, 3.8) is 0 Å². The lowest BCUT2D eigenvalue weighted by Gasteiger charge is -2.13. The van der Waals surface area contributed by atoms with Crippen LogP contribution >= 0.6 is 31.9 Å². The fraction of sp³-hybridized carbons (Fsp3) is 0.455. The summed E-state index contributed by atoms with van der Waals surface area (Å²) in [5, 5.41) is 0.899. The highest BCUT2D eigenvalue weighted by Gasteiger charge is 2.05. The van der Waals surface area contributed by atoms with E-state index in [1.807, 2.05) is 0 Å². The lowest BCUT2D eigenvalue weighted by molar-refractivity contribution is 0.402. The molecule has 0 aliphatic rings. The van der Waals surface area contributed by atoms with E-state index in [-0.39, 0.29) is 0 Å². The lowest BCUT2D eigenvalue weighted by atomic mass is 10.1. The van der Waals surface area contributed by atoms with Crippen LogP contribution in [0.15, 0.2) is 16.6 Å². The fourth-order valence-corrected chi connectivity index (χ4v) is 2.66. The highest BCUT2D eigenvalue weighted by Crippen LogP contribution is 2.25. The Morgan fingerprint density at radius 2 is 1.93 bits per heavy atom. The van der Waals surface area contributed by atoms with E-state index in [1.54, 1.807) is 0 Å². The Bertz CT molecular complexity index is 321. The monoisotopic (exact) mass is 319 g/mol. The topological polar surface area (TPSA) is 3.24 Å². The molecule has 78 valence electrons. The molecular weight excluding hydrogens is 306 g/mol. The van der Waals surface area contributed by atoms with Gasteiger partial charge in [0.15, 0.2) is 0 Å². The van der Waals surface area contributed by atoms with Gasteiger partial charge in [-0.25, -0.2) is 0 Å². The Labute approximate surface area is 103 Å². The van der Waals surface area contributed by atoms with E-state index in [2.05, 4.69) is 69.9 Å². The van der Waals surface area contributed by atoms with E-state index >= 15 is 0 Å². The van der Waals surface area contributed by atoms with E-state index in [4.69, 9.17) is 0 Å². The molecule has 0 atom stereocenters. The van der Waals surface area contributed by atoms with Gasteiger partial charge >= 0.3 is 0 Å². The number of nitrogens with zero attached hydrogens (tertiary/aromatic N) is 1. The van der Waals surface area contributed by atoms with Gasteiger partial charge in [0.1, 0.15) is 0 Å². The summed E-state index contributed by atoms with van der Waals surface area (Å²) in [6, 6.07) is 4.47. The van der Waals surface area contributed by atoms with Crippen LogP contribution in [0.2, 0.25) is 0 Å². The molecule has 0 aromatic heterocycles. The van der Waals surface area contributed by atoms with Crippen molar-refractivity contribution in [3.05, 3.63) is 33.3 Å². The predicted octanol–water partition coefficient (Wildman–Crippen LogP) is 3.71. The van der Waals surface area contributed by atoms with Crippen LogP contribution in [0.1, 0.15) is 16.7 Å². The van der Waals surface area contributed by atoms with Gasteiger partial charge in [-0.1, -0.05) is 44.0 Å². The first-order valence-electron chi connectivity index (χ1n) is 4.53. The number of aryl methyl sites for hydroxylation is 1. The summed E-state index contributed by atoms with van der Waals surface area (Å²) < 4.78 is 1.22. The third-order valence-electron chi connectivity index (χ3n) is 2.03. The minimum absolute atomic E-state index is 0.899. The second-order valence-electron chi connectivity index (χ2n) is 3.76. The molecule has 1 aromatic carbocycles. The normalized spacial score (nSPS) is 11.0. The molecule has 0 N–H and O–H groups in total. The minimum atomic E-state index is 0.899. The molecule has 0 saturated carbocycles. The first-order valence-corrected chi connectivity index (χ1v) is 6.44. The summed E-state index contributed by atoms with van der Waals surface area (Å²) in [6.45, 7) is 3.13. The average Bonchev–Trinajstić information content (AvgIpc) is 2.10. The van der Waals surface area contributed by atoms with Gasteiger partial charge in [-0.3, -0.25) is 0 Å². The Kier molecular flexibility index (Phi) is 4.61. The van der Waals surface area contributed by atoms with Crippen molar-refractivity contribution in [1.29, 1.82) is 0 Å². The third-order valence-corrected chi connectivity index (χ3v) is 3.77. The molecule has 1 aromatic rings. The molecule has 0 aliphatic heterocycles. The largest absolute Gasteiger partial charge is 0.305 e. The average molecular weight is 321 g/mol. The van der Waals surface area contributed by atoms with Gasteiger partial charge in [-0.15, -0.1) is 0 Å². The summed E-state index contributed by atoms with van der Waals surface area (Å²) >= 11 is 7.10. The molecule has 1 nitrogen and oxygen atoms in total. The zero-order valence-electron chi connectivity index (χ0n) is 8.77. The Hall–Kier alpha value is 0.140. The van der Waals surface area contributed by atoms with Crippen molar-refractivity contribution in [3.8, 4) is 0 Å². The van der Waals surface area contributed by atoms with Crippen molar-refractivity contribution in [2.24, 2.45) is 0 Å². The van der Waals surface area contributed by atoms with Gasteiger partial charge in [-0.05, 0) is 37.7 Å². The van der Waals surface area contributed by atoms with Crippen molar-refractivity contribution >= 4 is 31.9 Å². The molecule has 0 spiro atoms. The van der Waals surface area contributed by atoms with Crippen molar-refractivity contribution in [1.82, 2.24) is 4.90 Å². The predicted molar refractivity (Wildman–Crippen MR) is 68.9 cm³/mol. The van der Waals surface area contributed by atoms with Crippen molar-refractivity contribution in [2.75, 3.05) is 14.1 Å². The standard InChI is InChI=1S/C11H15Br2N/c1-8-4-9(7-14(2)3)5-10(6-12)11(8)13/h4-5H,6-7H2,1-3H3.